The van der Waals surface area contributed by atoms with Crippen molar-refractivity contribution in [1.29, 1.82) is 0 Å². The van der Waals surface area contributed by atoms with Crippen molar-refractivity contribution >= 4 is 28.9 Å². The van der Waals surface area contributed by atoms with Crippen molar-refractivity contribution in [3.05, 3.63) is 58.1 Å². The predicted octanol–water partition coefficient (Wildman–Crippen LogP) is 4.71. The van der Waals surface area contributed by atoms with Crippen LogP contribution in [0.1, 0.15) is 23.1 Å². The molecular formula is C18H21ClN2O. The molecule has 0 aliphatic heterocycles. The molecule has 4 heteroatoms. The molecule has 116 valence electrons. The molecule has 2 aromatic rings. The van der Waals surface area contributed by atoms with E-state index in [0.29, 0.717) is 18.0 Å². The second kappa shape index (κ2) is 7.32. The number of nitrogens with one attached hydrogen (secondary N) is 2. The van der Waals surface area contributed by atoms with E-state index in [1.807, 2.05) is 25.1 Å². The average molecular weight is 317 g/mol. The highest BCUT2D eigenvalue weighted by atomic mass is 35.5. The lowest BCUT2D eigenvalue weighted by molar-refractivity contribution is -0.115. The summed E-state index contributed by atoms with van der Waals surface area (Å²) in [6, 6.07) is 11.7. The molecule has 0 atom stereocenters. The number of aryl methyl sites for hydroxylation is 3. The maximum Gasteiger partial charge on any atom is 0.226 e. The van der Waals surface area contributed by atoms with Gasteiger partial charge in [0, 0.05) is 29.4 Å². The minimum Gasteiger partial charge on any atom is -0.385 e. The first-order valence-corrected chi connectivity index (χ1v) is 7.70. The van der Waals surface area contributed by atoms with Crippen LogP contribution in [0.3, 0.4) is 0 Å². The molecule has 0 fully saturated rings. The second-order valence-electron chi connectivity index (χ2n) is 5.49. The first-order chi connectivity index (χ1) is 10.5. The summed E-state index contributed by atoms with van der Waals surface area (Å²) in [6.45, 7) is 6.68. The van der Waals surface area contributed by atoms with Crippen LogP contribution in [-0.4, -0.2) is 12.5 Å². The molecule has 0 bridgehead atoms. The Hall–Kier alpha value is -2.00. The van der Waals surface area contributed by atoms with E-state index in [9.17, 15) is 4.79 Å². The van der Waals surface area contributed by atoms with Gasteiger partial charge in [0.05, 0.1) is 0 Å². The normalized spacial score (nSPS) is 10.4. The lowest BCUT2D eigenvalue weighted by atomic mass is 10.1. The molecule has 2 aromatic carbocycles. The van der Waals surface area contributed by atoms with E-state index in [1.165, 1.54) is 11.1 Å². The summed E-state index contributed by atoms with van der Waals surface area (Å²) < 4.78 is 0. The molecule has 0 saturated carbocycles. The summed E-state index contributed by atoms with van der Waals surface area (Å²) in [7, 11) is 0. The number of hydrogen-bond acceptors (Lipinski definition) is 2. The van der Waals surface area contributed by atoms with Crippen LogP contribution < -0.4 is 10.6 Å². The van der Waals surface area contributed by atoms with Crippen molar-refractivity contribution in [2.24, 2.45) is 0 Å². The van der Waals surface area contributed by atoms with Crippen LogP contribution in [0.5, 0.6) is 0 Å². The first kappa shape index (κ1) is 16.4. The Balaban J connectivity index is 1.82. The van der Waals surface area contributed by atoms with Crippen molar-refractivity contribution in [3.8, 4) is 0 Å². The zero-order valence-corrected chi connectivity index (χ0v) is 13.9. The van der Waals surface area contributed by atoms with Gasteiger partial charge in [-0.15, -0.1) is 0 Å². The fourth-order valence-corrected chi connectivity index (χ4v) is 2.25. The lowest BCUT2D eigenvalue weighted by Gasteiger charge is -2.10. The van der Waals surface area contributed by atoms with Crippen LogP contribution in [0.4, 0.5) is 11.4 Å². The predicted molar refractivity (Wildman–Crippen MR) is 93.8 cm³/mol. The van der Waals surface area contributed by atoms with Crippen LogP contribution >= 0.6 is 11.6 Å². The number of halogens is 1. The molecule has 1 amide bonds. The lowest BCUT2D eigenvalue weighted by Crippen LogP contribution is -2.16. The van der Waals surface area contributed by atoms with E-state index in [2.05, 4.69) is 36.6 Å². The molecule has 0 aliphatic carbocycles. The Kier molecular flexibility index (Phi) is 5.45. The van der Waals surface area contributed by atoms with Gasteiger partial charge in [-0.1, -0.05) is 23.7 Å². The molecular weight excluding hydrogens is 296 g/mol. The average Bonchev–Trinajstić information content (AvgIpc) is 2.47. The molecule has 22 heavy (non-hydrogen) atoms. The van der Waals surface area contributed by atoms with Crippen molar-refractivity contribution in [1.82, 2.24) is 0 Å². The third-order valence-corrected chi connectivity index (χ3v) is 4.05. The number of rotatable bonds is 5. The van der Waals surface area contributed by atoms with E-state index >= 15 is 0 Å². The molecule has 0 aliphatic rings. The zero-order valence-electron chi connectivity index (χ0n) is 13.2. The van der Waals surface area contributed by atoms with Gasteiger partial charge in [-0.05, 0) is 61.7 Å². The SMILES string of the molecule is Cc1ccc(NCCC(=O)Nc2ccc(C)c(Cl)c2)cc1C. The molecule has 0 saturated heterocycles. The topological polar surface area (TPSA) is 41.1 Å². The van der Waals surface area contributed by atoms with Gasteiger partial charge in [-0.25, -0.2) is 0 Å². The molecule has 0 spiro atoms. The number of carbonyl (C=O) groups is 1. The number of benzene rings is 2. The van der Waals surface area contributed by atoms with Crippen molar-refractivity contribution in [2.45, 2.75) is 27.2 Å². The minimum absolute atomic E-state index is 0.0312. The quantitative estimate of drug-likeness (QED) is 0.839. The number of carbonyl (C=O) groups excluding carboxylic acids is 1. The molecule has 2 N–H and O–H groups in total. The second-order valence-corrected chi connectivity index (χ2v) is 5.90. The molecule has 0 unspecified atom stereocenters. The van der Waals surface area contributed by atoms with Crippen LogP contribution in [0.15, 0.2) is 36.4 Å². The summed E-state index contributed by atoms with van der Waals surface area (Å²) in [6.07, 6.45) is 0.401. The fourth-order valence-electron chi connectivity index (χ4n) is 2.07. The third-order valence-electron chi connectivity index (χ3n) is 3.64. The number of hydrogen-bond donors (Lipinski definition) is 2. The van der Waals surface area contributed by atoms with Gasteiger partial charge >= 0.3 is 0 Å². The van der Waals surface area contributed by atoms with E-state index in [0.717, 1.165) is 16.9 Å². The Morgan fingerprint density at radius 2 is 1.64 bits per heavy atom. The van der Waals surface area contributed by atoms with E-state index in [-0.39, 0.29) is 5.91 Å². The number of amides is 1. The highest BCUT2D eigenvalue weighted by Gasteiger charge is 2.04. The third kappa shape index (κ3) is 4.50. The molecule has 0 aromatic heterocycles. The van der Waals surface area contributed by atoms with Gasteiger partial charge in [0.25, 0.3) is 0 Å². The largest absolute Gasteiger partial charge is 0.385 e. The maximum absolute atomic E-state index is 11.9. The smallest absolute Gasteiger partial charge is 0.226 e. The Labute approximate surface area is 136 Å². The zero-order chi connectivity index (χ0) is 16.1. The van der Waals surface area contributed by atoms with Crippen molar-refractivity contribution < 1.29 is 4.79 Å². The summed E-state index contributed by atoms with van der Waals surface area (Å²) in [4.78, 5) is 11.9. The Bertz CT molecular complexity index is 683. The first-order valence-electron chi connectivity index (χ1n) is 7.33. The van der Waals surface area contributed by atoms with Gasteiger partial charge < -0.3 is 10.6 Å². The van der Waals surface area contributed by atoms with Crippen molar-refractivity contribution in [3.63, 3.8) is 0 Å². The van der Waals surface area contributed by atoms with Gasteiger partial charge in [0.2, 0.25) is 5.91 Å². The van der Waals surface area contributed by atoms with Crippen LogP contribution in [0.25, 0.3) is 0 Å². The Morgan fingerprint density at radius 1 is 0.955 bits per heavy atom. The van der Waals surface area contributed by atoms with E-state index in [4.69, 9.17) is 11.6 Å². The van der Waals surface area contributed by atoms with Crippen LogP contribution in [0, 0.1) is 20.8 Å². The van der Waals surface area contributed by atoms with Gasteiger partial charge in [-0.2, -0.15) is 0 Å². The van der Waals surface area contributed by atoms with Crippen LogP contribution in [0.2, 0.25) is 5.02 Å². The molecule has 0 radical (unpaired) electrons. The van der Waals surface area contributed by atoms with Gasteiger partial charge in [0.15, 0.2) is 0 Å². The maximum atomic E-state index is 11.9. The van der Waals surface area contributed by atoms with E-state index < -0.39 is 0 Å². The fraction of sp³-hybridized carbons (Fsp3) is 0.278. The summed E-state index contributed by atoms with van der Waals surface area (Å²) in [5, 5.41) is 6.77. The summed E-state index contributed by atoms with van der Waals surface area (Å²) in [5.74, 6) is -0.0312. The standard InChI is InChI=1S/C18H21ClN2O/c1-12-4-6-15(10-14(12)3)20-9-8-18(22)21-16-7-5-13(2)17(19)11-16/h4-7,10-11,20H,8-9H2,1-3H3,(H,21,22). The highest BCUT2D eigenvalue weighted by molar-refractivity contribution is 6.31. The van der Waals surface area contributed by atoms with E-state index in [1.54, 1.807) is 6.07 Å². The number of anilines is 2. The minimum atomic E-state index is -0.0312. The molecule has 3 nitrogen and oxygen atoms in total. The van der Waals surface area contributed by atoms with Crippen LogP contribution in [-0.2, 0) is 4.79 Å². The summed E-state index contributed by atoms with van der Waals surface area (Å²) >= 11 is 6.05. The highest BCUT2D eigenvalue weighted by Crippen LogP contribution is 2.20. The van der Waals surface area contributed by atoms with Gasteiger partial charge in [-0.3, -0.25) is 4.79 Å². The Morgan fingerprint density at radius 3 is 2.32 bits per heavy atom. The van der Waals surface area contributed by atoms with Crippen molar-refractivity contribution in [2.75, 3.05) is 17.2 Å². The monoisotopic (exact) mass is 316 g/mol. The molecule has 2 rings (SSSR count). The molecule has 0 heterocycles. The summed E-state index contributed by atoms with van der Waals surface area (Å²) in [5.41, 5.74) is 5.26. The van der Waals surface area contributed by atoms with Gasteiger partial charge in [0.1, 0.15) is 0 Å².